The van der Waals surface area contributed by atoms with Crippen LogP contribution in [0.3, 0.4) is 0 Å². The van der Waals surface area contributed by atoms with E-state index in [1.165, 1.54) is 30.3 Å². The van der Waals surface area contributed by atoms with Gasteiger partial charge in [0.15, 0.2) is 17.0 Å². The number of benzene rings is 1. The number of aryl methyl sites for hydroxylation is 3. The van der Waals surface area contributed by atoms with Crippen molar-refractivity contribution in [2.45, 2.75) is 26.2 Å². The van der Waals surface area contributed by atoms with Gasteiger partial charge in [-0.25, -0.2) is 15.0 Å². The van der Waals surface area contributed by atoms with E-state index in [9.17, 15) is 0 Å². The number of nitrogen functional groups attached to an aromatic ring is 1. The SMILES string of the molecule is Cc1nc2c(N)ncnc2n1-c1ccc2c(c1)CCC2. The maximum absolute atomic E-state index is 5.88. The molecular formula is C15H15N5. The van der Waals surface area contributed by atoms with Crippen LogP contribution in [0.4, 0.5) is 5.82 Å². The predicted molar refractivity (Wildman–Crippen MR) is 77.8 cm³/mol. The van der Waals surface area contributed by atoms with Gasteiger partial charge >= 0.3 is 0 Å². The molecule has 0 radical (unpaired) electrons. The summed E-state index contributed by atoms with van der Waals surface area (Å²) in [7, 11) is 0. The van der Waals surface area contributed by atoms with E-state index in [0.717, 1.165) is 23.6 Å². The van der Waals surface area contributed by atoms with Crippen LogP contribution >= 0.6 is 0 Å². The topological polar surface area (TPSA) is 69.6 Å². The van der Waals surface area contributed by atoms with Gasteiger partial charge in [-0.05, 0) is 49.4 Å². The summed E-state index contributed by atoms with van der Waals surface area (Å²) in [5.74, 6) is 1.31. The molecule has 5 nitrogen and oxygen atoms in total. The van der Waals surface area contributed by atoms with Gasteiger partial charge in [-0.15, -0.1) is 0 Å². The molecule has 0 aliphatic heterocycles. The summed E-state index contributed by atoms with van der Waals surface area (Å²) in [6, 6.07) is 6.60. The molecule has 2 heterocycles. The standard InChI is InChI=1S/C15H15N5/c1-9-19-13-14(16)17-8-18-15(13)20(9)12-6-5-10-3-2-4-11(10)7-12/h5-8H,2-4H2,1H3,(H2,16,17,18). The number of nitrogens with zero attached hydrogens (tertiary/aromatic N) is 4. The van der Waals surface area contributed by atoms with Crippen molar-refractivity contribution in [1.29, 1.82) is 0 Å². The second-order valence-corrected chi connectivity index (χ2v) is 5.23. The summed E-state index contributed by atoms with van der Waals surface area (Å²) >= 11 is 0. The lowest BCUT2D eigenvalue weighted by atomic mass is 10.1. The third-order valence-electron chi connectivity index (χ3n) is 3.98. The molecule has 3 aromatic rings. The Morgan fingerprint density at radius 3 is 2.90 bits per heavy atom. The molecule has 0 saturated heterocycles. The minimum absolute atomic E-state index is 0.429. The molecule has 1 aliphatic carbocycles. The molecule has 2 aromatic heterocycles. The summed E-state index contributed by atoms with van der Waals surface area (Å²) in [5, 5.41) is 0. The van der Waals surface area contributed by atoms with Crippen LogP contribution in [0.1, 0.15) is 23.4 Å². The number of nitrogens with two attached hydrogens (primary N) is 1. The average molecular weight is 265 g/mol. The Bertz CT molecular complexity index is 818. The summed E-state index contributed by atoms with van der Waals surface area (Å²) in [6.45, 7) is 1.97. The first kappa shape index (κ1) is 11.4. The normalized spacial score (nSPS) is 13.8. The fourth-order valence-corrected chi connectivity index (χ4v) is 3.03. The van der Waals surface area contributed by atoms with E-state index in [4.69, 9.17) is 5.73 Å². The first-order valence-electron chi connectivity index (χ1n) is 6.82. The third kappa shape index (κ3) is 1.52. The van der Waals surface area contributed by atoms with Crippen LogP contribution in [0.5, 0.6) is 0 Å². The molecule has 4 rings (SSSR count). The summed E-state index contributed by atoms with van der Waals surface area (Å²) < 4.78 is 2.05. The lowest BCUT2D eigenvalue weighted by Crippen LogP contribution is -2.00. The number of aromatic nitrogens is 4. The predicted octanol–water partition coefficient (Wildman–Crippen LogP) is 2.19. The molecule has 0 saturated carbocycles. The maximum Gasteiger partial charge on any atom is 0.170 e. The van der Waals surface area contributed by atoms with Gasteiger partial charge in [-0.1, -0.05) is 6.07 Å². The van der Waals surface area contributed by atoms with E-state index in [-0.39, 0.29) is 0 Å². The Labute approximate surface area is 116 Å². The number of hydrogen-bond acceptors (Lipinski definition) is 4. The van der Waals surface area contributed by atoms with Crippen molar-refractivity contribution < 1.29 is 0 Å². The molecular weight excluding hydrogens is 250 g/mol. The highest BCUT2D eigenvalue weighted by molar-refractivity contribution is 5.83. The molecule has 5 heteroatoms. The fraction of sp³-hybridized carbons (Fsp3) is 0.267. The number of rotatable bonds is 1. The maximum atomic E-state index is 5.88. The lowest BCUT2D eigenvalue weighted by molar-refractivity contribution is 0.911. The second-order valence-electron chi connectivity index (χ2n) is 5.23. The lowest BCUT2D eigenvalue weighted by Gasteiger charge is -2.08. The van der Waals surface area contributed by atoms with Crippen LogP contribution in [0.2, 0.25) is 0 Å². The van der Waals surface area contributed by atoms with Crippen molar-refractivity contribution in [3.05, 3.63) is 41.5 Å². The highest BCUT2D eigenvalue weighted by Gasteiger charge is 2.16. The van der Waals surface area contributed by atoms with Crippen LogP contribution in [0.15, 0.2) is 24.5 Å². The van der Waals surface area contributed by atoms with Crippen molar-refractivity contribution in [3.63, 3.8) is 0 Å². The number of anilines is 1. The van der Waals surface area contributed by atoms with Gasteiger partial charge in [0, 0.05) is 5.69 Å². The first-order valence-corrected chi connectivity index (χ1v) is 6.82. The van der Waals surface area contributed by atoms with Gasteiger partial charge in [-0.2, -0.15) is 0 Å². The molecule has 1 aliphatic rings. The zero-order valence-corrected chi connectivity index (χ0v) is 11.3. The monoisotopic (exact) mass is 265 g/mol. The largest absolute Gasteiger partial charge is 0.382 e. The molecule has 0 atom stereocenters. The van der Waals surface area contributed by atoms with E-state index in [1.54, 1.807) is 0 Å². The highest BCUT2D eigenvalue weighted by Crippen LogP contribution is 2.27. The minimum Gasteiger partial charge on any atom is -0.382 e. The molecule has 0 bridgehead atoms. The van der Waals surface area contributed by atoms with Crippen LogP contribution in [-0.4, -0.2) is 19.5 Å². The van der Waals surface area contributed by atoms with Gasteiger partial charge in [0.1, 0.15) is 12.2 Å². The third-order valence-corrected chi connectivity index (χ3v) is 3.98. The summed E-state index contributed by atoms with van der Waals surface area (Å²) in [5.41, 5.74) is 11.3. The van der Waals surface area contributed by atoms with Gasteiger partial charge in [0.2, 0.25) is 0 Å². The molecule has 0 unspecified atom stereocenters. The van der Waals surface area contributed by atoms with E-state index in [0.29, 0.717) is 11.3 Å². The van der Waals surface area contributed by atoms with Crippen LogP contribution in [0, 0.1) is 6.92 Å². The van der Waals surface area contributed by atoms with Crippen LogP contribution in [-0.2, 0) is 12.8 Å². The van der Waals surface area contributed by atoms with Crippen molar-refractivity contribution in [1.82, 2.24) is 19.5 Å². The quantitative estimate of drug-likeness (QED) is 0.732. The van der Waals surface area contributed by atoms with Gasteiger partial charge in [0.05, 0.1) is 0 Å². The van der Waals surface area contributed by atoms with E-state index < -0.39 is 0 Å². The van der Waals surface area contributed by atoms with Crippen molar-refractivity contribution >= 4 is 17.0 Å². The van der Waals surface area contributed by atoms with E-state index in [1.807, 2.05) is 11.5 Å². The van der Waals surface area contributed by atoms with Gasteiger partial charge < -0.3 is 5.73 Å². The van der Waals surface area contributed by atoms with Crippen LogP contribution < -0.4 is 5.73 Å². The number of imidazole rings is 1. The Kier molecular flexibility index (Phi) is 2.30. The second kappa shape index (κ2) is 4.03. The van der Waals surface area contributed by atoms with Crippen molar-refractivity contribution in [2.24, 2.45) is 0 Å². The molecule has 1 aromatic carbocycles. The number of hydrogen-bond donors (Lipinski definition) is 1. The van der Waals surface area contributed by atoms with Gasteiger partial charge in [-0.3, -0.25) is 4.57 Å². The molecule has 20 heavy (non-hydrogen) atoms. The Morgan fingerprint density at radius 1 is 1.15 bits per heavy atom. The van der Waals surface area contributed by atoms with E-state index >= 15 is 0 Å². The van der Waals surface area contributed by atoms with Crippen LogP contribution in [0.25, 0.3) is 16.9 Å². The summed E-state index contributed by atoms with van der Waals surface area (Å²) in [6.07, 6.45) is 5.08. The van der Waals surface area contributed by atoms with E-state index in [2.05, 4.69) is 33.2 Å². The highest BCUT2D eigenvalue weighted by atomic mass is 15.2. The Hall–Kier alpha value is -2.43. The number of fused-ring (bicyclic) bond motifs is 2. The van der Waals surface area contributed by atoms with Crippen molar-refractivity contribution in [3.8, 4) is 5.69 Å². The minimum atomic E-state index is 0.429. The molecule has 0 fully saturated rings. The average Bonchev–Trinajstić information content (AvgIpc) is 3.02. The molecule has 100 valence electrons. The zero-order valence-electron chi connectivity index (χ0n) is 11.3. The molecule has 0 amide bonds. The van der Waals surface area contributed by atoms with Gasteiger partial charge in [0.25, 0.3) is 0 Å². The Balaban J connectivity index is 1.98. The first-order chi connectivity index (χ1) is 9.74. The smallest absolute Gasteiger partial charge is 0.170 e. The molecule has 0 spiro atoms. The molecule has 2 N–H and O–H groups in total. The summed E-state index contributed by atoms with van der Waals surface area (Å²) in [4.78, 5) is 12.8. The Morgan fingerprint density at radius 2 is 2.00 bits per heavy atom. The fourth-order valence-electron chi connectivity index (χ4n) is 3.03. The zero-order chi connectivity index (χ0) is 13.7. The van der Waals surface area contributed by atoms with Crippen molar-refractivity contribution in [2.75, 3.05) is 5.73 Å².